The average molecular weight is 245 g/mol. The lowest BCUT2D eigenvalue weighted by Crippen LogP contribution is -2.13. The van der Waals surface area contributed by atoms with Crippen molar-refractivity contribution < 1.29 is 23.9 Å². The molecule has 0 saturated heterocycles. The molecule has 0 spiro atoms. The first-order valence-electron chi connectivity index (χ1n) is 4.87. The van der Waals surface area contributed by atoms with Gasteiger partial charge in [-0.15, -0.1) is 0 Å². The van der Waals surface area contributed by atoms with Crippen molar-refractivity contribution in [3.63, 3.8) is 0 Å². The zero-order chi connectivity index (χ0) is 12.8. The number of nitro benzene ring substituents is 1. The van der Waals surface area contributed by atoms with Gasteiger partial charge in [0.25, 0.3) is 5.69 Å². The van der Waals surface area contributed by atoms with E-state index in [-0.39, 0.29) is 24.7 Å². The van der Waals surface area contributed by atoms with E-state index >= 15 is 0 Å². The topological polar surface area (TPSA) is 81.8 Å². The van der Waals surface area contributed by atoms with Crippen LogP contribution in [0.25, 0.3) is 0 Å². The third-order valence-electron chi connectivity index (χ3n) is 1.83. The summed E-state index contributed by atoms with van der Waals surface area (Å²) in [5.41, 5.74) is -0.338. The SMILES string of the molecule is CC(O)OCCOc1ccc([N+](=O)[O-])cc1F. The minimum absolute atomic E-state index is 0.0413. The molecule has 0 saturated carbocycles. The molecule has 1 unspecified atom stereocenters. The van der Waals surface area contributed by atoms with E-state index in [2.05, 4.69) is 0 Å². The summed E-state index contributed by atoms with van der Waals surface area (Å²) in [4.78, 5) is 9.66. The van der Waals surface area contributed by atoms with Gasteiger partial charge in [-0.05, 0) is 13.0 Å². The zero-order valence-corrected chi connectivity index (χ0v) is 9.13. The molecule has 94 valence electrons. The Hall–Kier alpha value is -1.73. The summed E-state index contributed by atoms with van der Waals surface area (Å²) in [7, 11) is 0. The minimum atomic E-state index is -0.916. The summed E-state index contributed by atoms with van der Waals surface area (Å²) in [6.07, 6.45) is -0.916. The summed E-state index contributed by atoms with van der Waals surface area (Å²) in [6, 6.07) is 3.11. The Morgan fingerprint density at radius 1 is 1.53 bits per heavy atom. The van der Waals surface area contributed by atoms with Crippen LogP contribution < -0.4 is 4.74 Å². The molecule has 17 heavy (non-hydrogen) atoms. The van der Waals surface area contributed by atoms with Crippen molar-refractivity contribution in [2.75, 3.05) is 13.2 Å². The van der Waals surface area contributed by atoms with Crippen LogP contribution in [0.4, 0.5) is 10.1 Å². The van der Waals surface area contributed by atoms with Gasteiger partial charge in [-0.25, -0.2) is 4.39 Å². The number of nitrogens with zero attached hydrogens (tertiary/aromatic N) is 1. The van der Waals surface area contributed by atoms with E-state index in [9.17, 15) is 14.5 Å². The molecule has 0 aliphatic heterocycles. The molecule has 1 aromatic rings. The molecule has 6 nitrogen and oxygen atoms in total. The summed E-state index contributed by atoms with van der Waals surface area (Å²) >= 11 is 0. The van der Waals surface area contributed by atoms with Crippen molar-refractivity contribution in [2.45, 2.75) is 13.2 Å². The molecule has 1 atom stereocenters. The molecule has 0 radical (unpaired) electrons. The fraction of sp³-hybridized carbons (Fsp3) is 0.400. The lowest BCUT2D eigenvalue weighted by Gasteiger charge is -2.09. The summed E-state index contributed by atoms with van der Waals surface area (Å²) < 4.78 is 23.0. The van der Waals surface area contributed by atoms with E-state index < -0.39 is 17.0 Å². The van der Waals surface area contributed by atoms with Crippen LogP contribution in [0.15, 0.2) is 18.2 Å². The number of benzene rings is 1. The van der Waals surface area contributed by atoms with Gasteiger partial charge >= 0.3 is 0 Å². The molecule has 0 bridgehead atoms. The van der Waals surface area contributed by atoms with Gasteiger partial charge in [0.1, 0.15) is 6.61 Å². The first-order chi connectivity index (χ1) is 8.00. The number of hydrogen-bond acceptors (Lipinski definition) is 5. The number of aliphatic hydroxyl groups is 1. The summed E-state index contributed by atoms with van der Waals surface area (Å²) in [6.45, 7) is 1.57. The fourth-order valence-electron chi connectivity index (χ4n) is 1.09. The highest BCUT2D eigenvalue weighted by molar-refractivity contribution is 5.37. The number of halogens is 1. The van der Waals surface area contributed by atoms with Gasteiger partial charge in [-0.3, -0.25) is 10.1 Å². The van der Waals surface area contributed by atoms with Crippen molar-refractivity contribution in [2.24, 2.45) is 0 Å². The monoisotopic (exact) mass is 245 g/mol. The van der Waals surface area contributed by atoms with Crippen LogP contribution >= 0.6 is 0 Å². The average Bonchev–Trinajstić information content (AvgIpc) is 2.25. The minimum Gasteiger partial charge on any atom is -0.488 e. The second-order valence-corrected chi connectivity index (χ2v) is 3.19. The summed E-state index contributed by atoms with van der Waals surface area (Å²) in [5, 5.41) is 19.1. The van der Waals surface area contributed by atoms with E-state index in [4.69, 9.17) is 14.6 Å². The molecule has 0 heterocycles. The molecule has 0 amide bonds. The number of nitro groups is 1. The lowest BCUT2D eigenvalue weighted by atomic mass is 10.3. The van der Waals surface area contributed by atoms with Gasteiger partial charge in [-0.1, -0.05) is 0 Å². The molecule has 0 aliphatic rings. The van der Waals surface area contributed by atoms with Crippen LogP contribution in [-0.2, 0) is 4.74 Å². The molecule has 1 aromatic carbocycles. The third kappa shape index (κ3) is 4.33. The van der Waals surface area contributed by atoms with E-state index in [1.54, 1.807) is 0 Å². The largest absolute Gasteiger partial charge is 0.488 e. The highest BCUT2D eigenvalue weighted by Crippen LogP contribution is 2.22. The van der Waals surface area contributed by atoms with E-state index in [1.807, 2.05) is 0 Å². The van der Waals surface area contributed by atoms with Crippen LogP contribution in [-0.4, -0.2) is 29.5 Å². The summed E-state index contributed by atoms with van der Waals surface area (Å²) in [5.74, 6) is -0.902. The number of rotatable bonds is 6. The van der Waals surface area contributed by atoms with Gasteiger partial charge in [0, 0.05) is 6.07 Å². The van der Waals surface area contributed by atoms with Crippen LogP contribution in [0.1, 0.15) is 6.92 Å². The predicted molar refractivity (Wildman–Crippen MR) is 56.2 cm³/mol. The van der Waals surface area contributed by atoms with Gasteiger partial charge in [0.15, 0.2) is 17.9 Å². The van der Waals surface area contributed by atoms with Crippen molar-refractivity contribution in [1.82, 2.24) is 0 Å². The number of non-ortho nitro benzene ring substituents is 1. The number of ether oxygens (including phenoxy) is 2. The second kappa shape index (κ2) is 6.12. The molecule has 7 heteroatoms. The van der Waals surface area contributed by atoms with E-state index in [1.165, 1.54) is 13.0 Å². The predicted octanol–water partition coefficient (Wildman–Crippen LogP) is 1.47. The van der Waals surface area contributed by atoms with Gasteiger partial charge in [-0.2, -0.15) is 0 Å². The molecule has 0 aromatic heterocycles. The fourth-order valence-corrected chi connectivity index (χ4v) is 1.09. The van der Waals surface area contributed by atoms with Gasteiger partial charge in [0.05, 0.1) is 17.6 Å². The molecule has 0 aliphatic carbocycles. The van der Waals surface area contributed by atoms with Crippen molar-refractivity contribution >= 4 is 5.69 Å². The first-order valence-corrected chi connectivity index (χ1v) is 4.87. The smallest absolute Gasteiger partial charge is 0.272 e. The Bertz CT molecular complexity index is 396. The maximum Gasteiger partial charge on any atom is 0.272 e. The van der Waals surface area contributed by atoms with Gasteiger partial charge < -0.3 is 14.6 Å². The standard InChI is InChI=1S/C10H12FNO5/c1-7(13)16-4-5-17-10-3-2-8(12(14)15)6-9(10)11/h2-3,6-7,13H,4-5H2,1H3. The third-order valence-corrected chi connectivity index (χ3v) is 1.83. The van der Waals surface area contributed by atoms with Crippen LogP contribution in [0, 0.1) is 15.9 Å². The maximum absolute atomic E-state index is 13.3. The first kappa shape index (κ1) is 13.3. The van der Waals surface area contributed by atoms with Crippen LogP contribution in [0.3, 0.4) is 0 Å². The number of aliphatic hydroxyl groups excluding tert-OH is 1. The van der Waals surface area contributed by atoms with E-state index in [0.717, 1.165) is 12.1 Å². The Balaban J connectivity index is 2.52. The Kier molecular flexibility index (Phi) is 4.80. The lowest BCUT2D eigenvalue weighted by molar-refractivity contribution is -0.385. The second-order valence-electron chi connectivity index (χ2n) is 3.19. The molecular weight excluding hydrogens is 233 g/mol. The van der Waals surface area contributed by atoms with Gasteiger partial charge in [0.2, 0.25) is 0 Å². The Morgan fingerprint density at radius 2 is 2.24 bits per heavy atom. The molecular formula is C10H12FNO5. The molecule has 0 fully saturated rings. The quantitative estimate of drug-likeness (QED) is 0.355. The highest BCUT2D eigenvalue weighted by atomic mass is 19.1. The normalized spacial score (nSPS) is 12.2. The maximum atomic E-state index is 13.3. The van der Waals surface area contributed by atoms with Crippen molar-refractivity contribution in [3.8, 4) is 5.75 Å². The van der Waals surface area contributed by atoms with Crippen LogP contribution in [0.2, 0.25) is 0 Å². The molecule has 1 rings (SSSR count). The number of hydrogen-bond donors (Lipinski definition) is 1. The highest BCUT2D eigenvalue weighted by Gasteiger charge is 2.11. The van der Waals surface area contributed by atoms with Crippen molar-refractivity contribution in [3.05, 3.63) is 34.1 Å². The van der Waals surface area contributed by atoms with Crippen molar-refractivity contribution in [1.29, 1.82) is 0 Å². The Morgan fingerprint density at radius 3 is 2.76 bits per heavy atom. The van der Waals surface area contributed by atoms with E-state index in [0.29, 0.717) is 0 Å². The Labute approximate surface area is 96.7 Å². The zero-order valence-electron chi connectivity index (χ0n) is 9.13. The molecule has 1 N–H and O–H groups in total. The van der Waals surface area contributed by atoms with Crippen LogP contribution in [0.5, 0.6) is 5.75 Å².